The minimum atomic E-state index is -3.20. The summed E-state index contributed by atoms with van der Waals surface area (Å²) in [6.07, 6.45) is 20.0. The van der Waals surface area contributed by atoms with Gasteiger partial charge in [0.05, 0.1) is 51.3 Å². The van der Waals surface area contributed by atoms with Crippen molar-refractivity contribution in [2.24, 2.45) is 17.6 Å². The van der Waals surface area contributed by atoms with Crippen molar-refractivity contribution in [2.45, 2.75) is 187 Å². The zero-order valence-corrected chi connectivity index (χ0v) is 64.5. The number of imidazole rings is 1. The molecule has 0 saturated heterocycles. The molecule has 7 N–H and O–H groups in total. The van der Waals surface area contributed by atoms with Crippen molar-refractivity contribution < 1.29 is 88.4 Å². The Kier molecular flexibility index (Phi) is 123. The predicted molar refractivity (Wildman–Crippen MR) is 340 cm³/mol. The first-order chi connectivity index (χ1) is 37.1. The zero-order valence-electron chi connectivity index (χ0n) is 52.5. The van der Waals surface area contributed by atoms with Crippen molar-refractivity contribution in [3.05, 3.63) is 18.7 Å². The van der Waals surface area contributed by atoms with Gasteiger partial charge in [-0.1, -0.05) is 132 Å². The number of nitrogens with zero attached hydrogens (tertiary/aromatic N) is 2. The van der Waals surface area contributed by atoms with E-state index in [1.54, 1.807) is 20.8 Å². The number of hydrogen-bond donors (Lipinski definition) is 7. The summed E-state index contributed by atoms with van der Waals surface area (Å²) in [6.45, 7) is 29.8. The Balaban J connectivity index is -0.0000000657. The van der Waals surface area contributed by atoms with Crippen LogP contribution in [-0.4, -0.2) is 240 Å². The molecule has 0 aromatic carbocycles. The molecule has 81 heavy (non-hydrogen) atoms. The molecule has 30 heteroatoms. The minimum Gasteiger partial charge on any atom is -0.453 e. The van der Waals surface area contributed by atoms with Gasteiger partial charge in [-0.15, -0.1) is 12.6 Å². The van der Waals surface area contributed by atoms with Crippen molar-refractivity contribution in [2.75, 3.05) is 90.0 Å². The summed E-state index contributed by atoms with van der Waals surface area (Å²) >= 11 is 9.62. The number of ether oxygens (including phenoxy) is 3. The van der Waals surface area contributed by atoms with Gasteiger partial charge in [0.15, 0.2) is 10.2 Å². The average molecular weight is 1440 g/mol. The van der Waals surface area contributed by atoms with Crippen molar-refractivity contribution >= 4 is 167 Å². The molecule has 0 bridgehead atoms. The van der Waals surface area contributed by atoms with Gasteiger partial charge in [0, 0.05) is 156 Å². The fourth-order valence-electron chi connectivity index (χ4n) is 3.17. The molecule has 1 heterocycles. The number of carbonyl (C=O) groups is 4. The van der Waals surface area contributed by atoms with Crippen LogP contribution in [0.15, 0.2) is 18.7 Å². The van der Waals surface area contributed by atoms with Crippen LogP contribution in [0.3, 0.4) is 0 Å². The molecule has 0 fully saturated rings. The van der Waals surface area contributed by atoms with Gasteiger partial charge in [-0.25, -0.2) is 35.4 Å². The van der Waals surface area contributed by atoms with Crippen LogP contribution in [0.25, 0.3) is 0 Å². The zero-order chi connectivity index (χ0) is 65.3. The van der Waals surface area contributed by atoms with E-state index < -0.39 is 40.8 Å². The molecule has 22 nitrogen and oxygen atoms in total. The summed E-state index contributed by atoms with van der Waals surface area (Å²) < 4.78 is 81.8. The van der Waals surface area contributed by atoms with Crippen molar-refractivity contribution in [3.63, 3.8) is 0 Å². The number of nitrogens with two attached hydrogens (primary N) is 1. The number of carbonyl (C=O) groups excluding carboxylic acids is 4. The van der Waals surface area contributed by atoms with E-state index in [-0.39, 0.29) is 98.1 Å². The van der Waals surface area contributed by atoms with Crippen LogP contribution in [-0.2, 0) is 57.2 Å². The summed E-state index contributed by atoms with van der Waals surface area (Å²) in [6, 6.07) is 0. The Labute approximate surface area is 570 Å². The van der Waals surface area contributed by atoms with E-state index in [4.69, 9.17) is 42.9 Å². The van der Waals surface area contributed by atoms with E-state index in [1.165, 1.54) is 67.1 Å². The molecule has 1 aromatic heterocycles. The molecule has 0 unspecified atom stereocenters. The fourth-order valence-corrected chi connectivity index (χ4v) is 5.51. The number of rotatable bonds is 25. The molecular weight excluding hydrogens is 1320 g/mol. The van der Waals surface area contributed by atoms with Crippen LogP contribution >= 0.6 is 46.7 Å². The number of aliphatic hydroxyl groups is 5. The van der Waals surface area contributed by atoms with E-state index in [2.05, 4.69) is 67.5 Å². The molecule has 0 aliphatic rings. The molecule has 0 amide bonds. The molecular formula is C51H113Cl2CsN3O19S5. The van der Waals surface area contributed by atoms with Gasteiger partial charge in [0.25, 0.3) is 10.1 Å². The third-order valence-corrected chi connectivity index (χ3v) is 9.84. The molecule has 0 aliphatic carbocycles. The largest absolute Gasteiger partial charge is 0.508 e. The smallest absolute Gasteiger partial charge is 0.453 e. The van der Waals surface area contributed by atoms with Gasteiger partial charge < -0.3 is 45.5 Å². The predicted octanol–water partition coefficient (Wildman–Crippen LogP) is 9.84. The van der Waals surface area contributed by atoms with E-state index in [0.717, 1.165) is 82.5 Å². The minimum absolute atomic E-state index is 0. The SMILES string of the molecule is CC(=O)S.CC(C)COC(=O)Cl.CCCCCO.CCCCCOS(C)(=O)=O.CCCCCS(=O)(=O)n1ccnc1.CCCCCSC(C)=O.CCCO.CCCO.CCO.CCOC(=O)OCC(C)C.CS(=O)(=O)Cl.NCCO.[Cs]. The van der Waals surface area contributed by atoms with Crippen molar-refractivity contribution in [1.29, 1.82) is 0 Å². The molecule has 0 saturated carbocycles. The van der Waals surface area contributed by atoms with Gasteiger partial charge in [0.1, 0.15) is 6.33 Å². The van der Waals surface area contributed by atoms with E-state index in [1.807, 2.05) is 48.5 Å². The first kappa shape index (κ1) is 109. The second-order valence-corrected chi connectivity index (χ2v) is 25.3. The van der Waals surface area contributed by atoms with Gasteiger partial charge in [-0.05, 0) is 64.2 Å². The average Bonchev–Trinajstić information content (AvgIpc) is 3.92. The topological polar surface area (TPSA) is 353 Å². The standard InChI is InChI=1S/C8H14N2O2S.C7H14O3.C7H14OS.C6H14O3S.C5H9ClO2.C5H12O.2C3H8O.C2H7NO.C2H4OS.C2H6O.CH3ClO2S.Cs/c1-2-3-4-7-13(11,12)10-6-5-9-8-10;1-4-9-7(8)10-5-6(2)3;1-3-4-5-6-9-7(2)8;1-3-4-5-6-9-10(2,7)8;1-4(2)3-8-5(6)7;1-2-3-4-5-6;2*1-2-3-4;3-1-2-4;1-2(3)4;1-2-3;1-5(2,3)4;/h5-6,8H,2-4,7H2,1H3;6H,4-5H2,1-3H3;3-6H2,1-2H3;3-6H2,1-2H3;4H,3H2,1-2H3;6H,2-5H2,1H3;2*4H,2-3H2,1H3;4H,1-3H2;1H3,(H,3,4);3H,2H2,1H3;1H3;. The second-order valence-electron chi connectivity index (χ2n) is 16.4. The van der Waals surface area contributed by atoms with E-state index in [9.17, 15) is 44.4 Å². The van der Waals surface area contributed by atoms with Crippen LogP contribution in [0.2, 0.25) is 0 Å². The number of hydrogen-bond acceptors (Lipinski definition) is 22. The van der Waals surface area contributed by atoms with Crippen molar-refractivity contribution in [1.82, 2.24) is 8.96 Å². The Morgan fingerprint density at radius 2 is 1.02 bits per heavy atom. The van der Waals surface area contributed by atoms with Crippen LogP contribution in [0, 0.1) is 11.8 Å². The first-order valence-electron chi connectivity index (χ1n) is 26.7. The number of unbranched alkanes of at least 4 members (excludes halogenated alkanes) is 8. The van der Waals surface area contributed by atoms with Gasteiger partial charge >= 0.3 is 11.6 Å². The molecule has 0 atom stereocenters. The van der Waals surface area contributed by atoms with Crippen LogP contribution < -0.4 is 5.73 Å². The third kappa shape index (κ3) is 187. The quantitative estimate of drug-likeness (QED) is 0.0157. The normalized spacial score (nSPS) is 9.57. The molecule has 1 aromatic rings. The summed E-state index contributed by atoms with van der Waals surface area (Å²) in [7, 11) is -5.03. The Hall–Kier alpha value is 0.192. The number of aliphatic hydroxyl groups excluding tert-OH is 5. The van der Waals surface area contributed by atoms with Gasteiger partial charge in [0.2, 0.25) is 19.1 Å². The third-order valence-electron chi connectivity index (χ3n) is 6.57. The molecule has 491 valence electrons. The van der Waals surface area contributed by atoms with Crippen LogP contribution in [0.1, 0.15) is 187 Å². The monoisotopic (exact) mass is 1430 g/mol. The van der Waals surface area contributed by atoms with Gasteiger partial charge in [-0.2, -0.15) is 8.42 Å². The molecule has 1 radical (unpaired) electrons. The van der Waals surface area contributed by atoms with Crippen LogP contribution in [0.5, 0.6) is 0 Å². The van der Waals surface area contributed by atoms with E-state index >= 15 is 0 Å². The van der Waals surface area contributed by atoms with Crippen LogP contribution in [0.4, 0.5) is 9.59 Å². The Morgan fingerprint density at radius 3 is 1.28 bits per heavy atom. The maximum atomic E-state index is 11.5. The Morgan fingerprint density at radius 1 is 0.654 bits per heavy atom. The summed E-state index contributed by atoms with van der Waals surface area (Å²) in [5, 5.41) is 39.4. The number of aromatic nitrogens is 2. The maximum Gasteiger partial charge on any atom is 0.508 e. The van der Waals surface area contributed by atoms with Gasteiger partial charge in [-0.3, -0.25) is 13.8 Å². The number of thiol groups is 1. The summed E-state index contributed by atoms with van der Waals surface area (Å²) in [5.41, 5.74) is 4.05. The first-order valence-corrected chi connectivity index (χ1v) is 34.7. The molecule has 0 spiro atoms. The molecule has 1 rings (SSSR count). The molecule has 0 aliphatic heterocycles. The second kappa shape index (κ2) is 91.4. The maximum absolute atomic E-state index is 11.5. The Bertz CT molecular complexity index is 1660. The van der Waals surface area contributed by atoms with E-state index in [0.29, 0.717) is 64.6 Å². The number of halogens is 2. The summed E-state index contributed by atoms with van der Waals surface area (Å²) in [4.78, 5) is 43.8. The fraction of sp³-hybridized carbons (Fsp3) is 0.863. The van der Waals surface area contributed by atoms with Crippen molar-refractivity contribution in [3.8, 4) is 0 Å². The number of thioether (sulfide) groups is 1. The summed E-state index contributed by atoms with van der Waals surface area (Å²) in [5.74, 6) is 1.93.